The molecule has 4 rings (SSSR count). The fraction of sp³-hybridized carbons (Fsp3) is 0.115. The molecule has 34 heavy (non-hydrogen) atoms. The number of nitrogens with one attached hydrogen (secondary N) is 2. The lowest BCUT2D eigenvalue weighted by Gasteiger charge is -2.39. The first-order valence-corrected chi connectivity index (χ1v) is 11.9. The Kier molecular flexibility index (Phi) is 7.21. The standard InChI is InChI=1S/C26H21ClN4O2S/c1-17-7-5-6-10-22(17)29-23(32)16-34-26-21(15-28)25(33)30-24(18-11-13-19(27)14-12-18)31(26)20-8-3-2-4-9-20/h2-14,24H,16H2,1H3,(H,29,32)(H,30,33)/t24-/m0/s1. The second-order valence-electron chi connectivity index (χ2n) is 7.58. The molecule has 0 radical (unpaired) electrons. The minimum atomic E-state index is -0.578. The number of halogens is 1. The number of carbonyl (C=O) groups is 2. The molecular formula is C26H21ClN4O2S. The Hall–Kier alpha value is -3.73. The summed E-state index contributed by atoms with van der Waals surface area (Å²) in [4.78, 5) is 27.5. The van der Waals surface area contributed by atoms with Crippen molar-refractivity contribution >= 4 is 46.6 Å². The number of carbonyl (C=O) groups excluding carboxylic acids is 2. The van der Waals surface area contributed by atoms with Gasteiger partial charge >= 0.3 is 0 Å². The van der Waals surface area contributed by atoms with Crippen molar-refractivity contribution in [2.24, 2.45) is 0 Å². The van der Waals surface area contributed by atoms with Gasteiger partial charge in [0.25, 0.3) is 5.91 Å². The van der Waals surface area contributed by atoms with Crippen LogP contribution in [0.2, 0.25) is 5.02 Å². The van der Waals surface area contributed by atoms with E-state index in [0.29, 0.717) is 10.1 Å². The van der Waals surface area contributed by atoms with E-state index in [4.69, 9.17) is 11.6 Å². The first-order valence-electron chi connectivity index (χ1n) is 10.5. The summed E-state index contributed by atoms with van der Waals surface area (Å²) in [5.74, 6) is -0.693. The summed E-state index contributed by atoms with van der Waals surface area (Å²) < 4.78 is 0. The lowest BCUT2D eigenvalue weighted by atomic mass is 10.1. The smallest absolute Gasteiger partial charge is 0.266 e. The van der Waals surface area contributed by atoms with E-state index in [2.05, 4.69) is 10.6 Å². The van der Waals surface area contributed by atoms with Gasteiger partial charge in [0.05, 0.1) is 5.75 Å². The van der Waals surface area contributed by atoms with Crippen LogP contribution in [0.4, 0.5) is 11.4 Å². The van der Waals surface area contributed by atoms with E-state index in [-0.39, 0.29) is 17.2 Å². The van der Waals surface area contributed by atoms with E-state index < -0.39 is 12.1 Å². The van der Waals surface area contributed by atoms with Gasteiger partial charge in [-0.2, -0.15) is 5.26 Å². The molecule has 1 atom stereocenters. The molecule has 2 N–H and O–H groups in total. The highest BCUT2D eigenvalue weighted by Gasteiger charge is 2.36. The van der Waals surface area contributed by atoms with Crippen LogP contribution < -0.4 is 15.5 Å². The molecule has 6 nitrogen and oxygen atoms in total. The zero-order valence-electron chi connectivity index (χ0n) is 18.3. The van der Waals surface area contributed by atoms with Crippen LogP contribution in [-0.2, 0) is 9.59 Å². The number of para-hydroxylation sites is 2. The number of amides is 2. The minimum absolute atomic E-state index is 0.0266. The maximum atomic E-state index is 12.9. The van der Waals surface area contributed by atoms with Crippen LogP contribution in [-0.4, -0.2) is 17.6 Å². The number of nitriles is 1. The summed E-state index contributed by atoms with van der Waals surface area (Å²) in [6.07, 6.45) is -0.578. The lowest BCUT2D eigenvalue weighted by molar-refractivity contribution is -0.118. The van der Waals surface area contributed by atoms with Crippen molar-refractivity contribution in [3.8, 4) is 6.07 Å². The third-order valence-corrected chi connectivity index (χ3v) is 6.61. The summed E-state index contributed by atoms with van der Waals surface area (Å²) in [5.41, 5.74) is 3.20. The number of rotatable bonds is 6. The normalized spacial score (nSPS) is 15.5. The van der Waals surface area contributed by atoms with Crippen LogP contribution in [0, 0.1) is 18.3 Å². The SMILES string of the molecule is Cc1ccccc1NC(=O)CSC1=C(C#N)C(=O)N[C@H](c2ccc(Cl)cc2)N1c1ccccc1. The van der Waals surface area contributed by atoms with Gasteiger partial charge in [0, 0.05) is 16.4 Å². The van der Waals surface area contributed by atoms with E-state index in [1.807, 2.05) is 84.6 Å². The first-order chi connectivity index (χ1) is 16.5. The molecule has 0 saturated carbocycles. The van der Waals surface area contributed by atoms with Gasteiger partial charge < -0.3 is 15.5 Å². The van der Waals surface area contributed by atoms with Crippen molar-refractivity contribution < 1.29 is 9.59 Å². The average molecular weight is 489 g/mol. The number of benzene rings is 3. The number of hydrogen-bond acceptors (Lipinski definition) is 5. The molecule has 0 fully saturated rings. The molecule has 0 aromatic heterocycles. The second-order valence-corrected chi connectivity index (χ2v) is 8.98. The summed E-state index contributed by atoms with van der Waals surface area (Å²) in [5, 5.41) is 16.6. The molecule has 2 amide bonds. The van der Waals surface area contributed by atoms with Crippen LogP contribution >= 0.6 is 23.4 Å². The Bertz CT molecular complexity index is 1290. The third-order valence-electron chi connectivity index (χ3n) is 5.28. The predicted octanol–water partition coefficient (Wildman–Crippen LogP) is 5.39. The highest BCUT2D eigenvalue weighted by atomic mass is 35.5. The molecule has 0 saturated heterocycles. The number of anilines is 2. The minimum Gasteiger partial charge on any atom is -0.327 e. The maximum absolute atomic E-state index is 12.9. The van der Waals surface area contributed by atoms with Crippen molar-refractivity contribution in [1.82, 2.24) is 5.32 Å². The van der Waals surface area contributed by atoms with Crippen LogP contribution in [0.25, 0.3) is 0 Å². The molecule has 8 heteroatoms. The van der Waals surface area contributed by atoms with Crippen LogP contribution in [0.15, 0.2) is 89.5 Å². The van der Waals surface area contributed by atoms with Crippen molar-refractivity contribution in [3.05, 3.63) is 106 Å². The van der Waals surface area contributed by atoms with Gasteiger partial charge in [-0.05, 0) is 48.4 Å². The molecule has 170 valence electrons. The van der Waals surface area contributed by atoms with E-state index in [1.54, 1.807) is 12.1 Å². The van der Waals surface area contributed by atoms with E-state index in [9.17, 15) is 14.9 Å². The van der Waals surface area contributed by atoms with Crippen molar-refractivity contribution in [2.45, 2.75) is 13.1 Å². The van der Waals surface area contributed by atoms with E-state index in [1.165, 1.54) is 0 Å². The van der Waals surface area contributed by atoms with Crippen molar-refractivity contribution in [3.63, 3.8) is 0 Å². The van der Waals surface area contributed by atoms with Gasteiger partial charge in [-0.1, -0.05) is 71.9 Å². The second kappa shape index (κ2) is 10.5. The topological polar surface area (TPSA) is 85.2 Å². The summed E-state index contributed by atoms with van der Waals surface area (Å²) in [7, 11) is 0. The number of nitrogens with zero attached hydrogens (tertiary/aromatic N) is 2. The Morgan fingerprint density at radius 3 is 2.44 bits per heavy atom. The molecule has 1 aliphatic rings. The fourth-order valence-corrected chi connectivity index (χ4v) is 4.70. The highest BCUT2D eigenvalue weighted by Crippen LogP contribution is 2.39. The summed E-state index contributed by atoms with van der Waals surface area (Å²) in [6, 6.07) is 26.1. The van der Waals surface area contributed by atoms with Crippen LogP contribution in [0.5, 0.6) is 0 Å². The van der Waals surface area contributed by atoms with E-state index >= 15 is 0 Å². The Morgan fingerprint density at radius 1 is 1.09 bits per heavy atom. The molecule has 0 unspecified atom stereocenters. The predicted molar refractivity (Wildman–Crippen MR) is 136 cm³/mol. The lowest BCUT2D eigenvalue weighted by Crippen LogP contribution is -2.46. The first kappa shape index (κ1) is 23.4. The van der Waals surface area contributed by atoms with Gasteiger partial charge in [-0.3, -0.25) is 9.59 Å². The number of aryl methyl sites for hydroxylation is 1. The summed E-state index contributed by atoms with van der Waals surface area (Å²) in [6.45, 7) is 1.92. The molecule has 1 aliphatic heterocycles. The van der Waals surface area contributed by atoms with Gasteiger partial charge in [-0.15, -0.1) is 0 Å². The largest absolute Gasteiger partial charge is 0.327 e. The molecule has 0 aliphatic carbocycles. The third kappa shape index (κ3) is 5.09. The molecule has 1 heterocycles. The maximum Gasteiger partial charge on any atom is 0.266 e. The fourth-order valence-electron chi connectivity index (χ4n) is 3.60. The molecule has 0 spiro atoms. The Morgan fingerprint density at radius 2 is 1.76 bits per heavy atom. The Balaban J connectivity index is 1.68. The number of thioether (sulfide) groups is 1. The quantitative estimate of drug-likeness (QED) is 0.486. The van der Waals surface area contributed by atoms with Crippen molar-refractivity contribution in [2.75, 3.05) is 16.0 Å². The zero-order chi connectivity index (χ0) is 24.1. The zero-order valence-corrected chi connectivity index (χ0v) is 19.9. The highest BCUT2D eigenvalue weighted by molar-refractivity contribution is 8.03. The summed E-state index contributed by atoms with van der Waals surface area (Å²) >= 11 is 7.22. The van der Waals surface area contributed by atoms with Gasteiger partial charge in [0.1, 0.15) is 22.8 Å². The van der Waals surface area contributed by atoms with Crippen molar-refractivity contribution in [1.29, 1.82) is 5.26 Å². The van der Waals surface area contributed by atoms with Gasteiger partial charge in [0.2, 0.25) is 5.91 Å². The monoisotopic (exact) mass is 488 g/mol. The van der Waals surface area contributed by atoms with Gasteiger partial charge in [-0.25, -0.2) is 0 Å². The Labute approximate surface area is 207 Å². The molecule has 3 aromatic carbocycles. The average Bonchev–Trinajstić information content (AvgIpc) is 2.85. The van der Waals surface area contributed by atoms with Crippen LogP contribution in [0.3, 0.4) is 0 Å². The van der Waals surface area contributed by atoms with Gasteiger partial charge in [0.15, 0.2) is 0 Å². The van der Waals surface area contributed by atoms with Crippen LogP contribution in [0.1, 0.15) is 17.3 Å². The molecular weight excluding hydrogens is 468 g/mol. The van der Waals surface area contributed by atoms with E-state index in [0.717, 1.165) is 34.3 Å². The molecule has 0 bridgehead atoms. The molecule has 3 aromatic rings. The number of hydrogen-bond donors (Lipinski definition) is 2.